The zero-order valence-electron chi connectivity index (χ0n) is 12.9. The SMILES string of the molecule is COc1ccc(C)cc1NC(=O)c1cnc(-c2ccccc2)s1. The van der Waals surface area contributed by atoms with E-state index in [0.717, 1.165) is 16.1 Å². The number of amides is 1. The average Bonchev–Trinajstić information content (AvgIpc) is 3.06. The minimum absolute atomic E-state index is 0.186. The molecule has 1 heterocycles. The number of benzene rings is 2. The average molecular weight is 324 g/mol. The number of thiazole rings is 1. The number of carbonyl (C=O) groups excluding carboxylic acids is 1. The zero-order valence-corrected chi connectivity index (χ0v) is 13.7. The molecule has 116 valence electrons. The van der Waals surface area contributed by atoms with Gasteiger partial charge in [0.15, 0.2) is 0 Å². The molecule has 5 heteroatoms. The molecule has 23 heavy (non-hydrogen) atoms. The molecular formula is C18H16N2O2S. The van der Waals surface area contributed by atoms with Crippen LogP contribution in [-0.2, 0) is 0 Å². The number of carbonyl (C=O) groups is 1. The van der Waals surface area contributed by atoms with E-state index in [1.54, 1.807) is 13.3 Å². The second-order valence-electron chi connectivity index (χ2n) is 5.05. The van der Waals surface area contributed by atoms with Crippen LogP contribution in [0.5, 0.6) is 5.75 Å². The highest BCUT2D eigenvalue weighted by atomic mass is 32.1. The van der Waals surface area contributed by atoms with Crippen LogP contribution in [0.1, 0.15) is 15.2 Å². The van der Waals surface area contributed by atoms with E-state index in [4.69, 9.17) is 4.74 Å². The maximum Gasteiger partial charge on any atom is 0.267 e. The minimum atomic E-state index is -0.186. The summed E-state index contributed by atoms with van der Waals surface area (Å²) >= 11 is 1.37. The number of hydrogen-bond donors (Lipinski definition) is 1. The third-order valence-corrected chi connectivity index (χ3v) is 4.40. The first-order valence-electron chi connectivity index (χ1n) is 7.14. The van der Waals surface area contributed by atoms with E-state index in [9.17, 15) is 4.79 Å². The van der Waals surface area contributed by atoms with Gasteiger partial charge in [0, 0.05) is 5.56 Å². The molecule has 4 nitrogen and oxygen atoms in total. The number of hydrogen-bond acceptors (Lipinski definition) is 4. The van der Waals surface area contributed by atoms with Gasteiger partial charge in [-0.25, -0.2) is 4.98 Å². The second kappa shape index (κ2) is 6.62. The summed E-state index contributed by atoms with van der Waals surface area (Å²) in [5.41, 5.74) is 2.72. The normalized spacial score (nSPS) is 10.3. The smallest absolute Gasteiger partial charge is 0.267 e. The maximum absolute atomic E-state index is 12.4. The van der Waals surface area contributed by atoms with Gasteiger partial charge in [-0.15, -0.1) is 11.3 Å². The van der Waals surface area contributed by atoms with Crippen LogP contribution >= 0.6 is 11.3 Å². The summed E-state index contributed by atoms with van der Waals surface area (Å²) < 4.78 is 5.28. The molecule has 1 amide bonds. The fraction of sp³-hybridized carbons (Fsp3) is 0.111. The second-order valence-corrected chi connectivity index (χ2v) is 6.08. The molecule has 1 N–H and O–H groups in total. The monoisotopic (exact) mass is 324 g/mol. The molecule has 0 bridgehead atoms. The molecule has 3 aromatic rings. The Kier molecular flexibility index (Phi) is 4.39. The van der Waals surface area contributed by atoms with Crippen molar-refractivity contribution in [2.75, 3.05) is 12.4 Å². The van der Waals surface area contributed by atoms with Crippen LogP contribution in [0, 0.1) is 6.92 Å². The number of ether oxygens (including phenoxy) is 1. The van der Waals surface area contributed by atoms with E-state index in [0.29, 0.717) is 16.3 Å². The molecule has 1 aromatic heterocycles. The Morgan fingerprint density at radius 3 is 2.70 bits per heavy atom. The quantitative estimate of drug-likeness (QED) is 0.775. The maximum atomic E-state index is 12.4. The lowest BCUT2D eigenvalue weighted by Crippen LogP contribution is -2.11. The number of nitrogens with one attached hydrogen (secondary N) is 1. The minimum Gasteiger partial charge on any atom is -0.495 e. The van der Waals surface area contributed by atoms with Gasteiger partial charge >= 0.3 is 0 Å². The van der Waals surface area contributed by atoms with Gasteiger partial charge in [-0.1, -0.05) is 36.4 Å². The Bertz CT molecular complexity index is 828. The van der Waals surface area contributed by atoms with Crippen molar-refractivity contribution in [2.24, 2.45) is 0 Å². The van der Waals surface area contributed by atoms with Crippen molar-refractivity contribution in [1.82, 2.24) is 4.98 Å². The molecule has 0 saturated carbocycles. The molecule has 0 radical (unpaired) electrons. The Hall–Kier alpha value is -2.66. The molecule has 0 spiro atoms. The van der Waals surface area contributed by atoms with Crippen LogP contribution < -0.4 is 10.1 Å². The summed E-state index contributed by atoms with van der Waals surface area (Å²) in [5, 5.41) is 3.72. The Morgan fingerprint density at radius 2 is 1.96 bits per heavy atom. The van der Waals surface area contributed by atoms with Crippen molar-refractivity contribution >= 4 is 22.9 Å². The lowest BCUT2D eigenvalue weighted by atomic mass is 10.2. The van der Waals surface area contributed by atoms with Crippen molar-refractivity contribution < 1.29 is 9.53 Å². The number of aryl methyl sites for hydroxylation is 1. The fourth-order valence-corrected chi connectivity index (χ4v) is 3.01. The summed E-state index contributed by atoms with van der Waals surface area (Å²) in [6.07, 6.45) is 1.60. The van der Waals surface area contributed by atoms with Crippen LogP contribution in [-0.4, -0.2) is 18.0 Å². The molecule has 0 aliphatic heterocycles. The Labute approximate surface area is 138 Å². The largest absolute Gasteiger partial charge is 0.495 e. The van der Waals surface area contributed by atoms with Crippen molar-refractivity contribution in [2.45, 2.75) is 6.92 Å². The number of methoxy groups -OCH3 is 1. The van der Waals surface area contributed by atoms with Crippen LogP contribution in [0.25, 0.3) is 10.6 Å². The van der Waals surface area contributed by atoms with Gasteiger partial charge < -0.3 is 10.1 Å². The molecule has 0 aliphatic carbocycles. The highest BCUT2D eigenvalue weighted by molar-refractivity contribution is 7.17. The van der Waals surface area contributed by atoms with Crippen molar-refractivity contribution in [3.8, 4) is 16.3 Å². The highest BCUT2D eigenvalue weighted by Gasteiger charge is 2.14. The molecule has 2 aromatic carbocycles. The highest BCUT2D eigenvalue weighted by Crippen LogP contribution is 2.28. The van der Waals surface area contributed by atoms with Gasteiger partial charge in [0.05, 0.1) is 19.0 Å². The van der Waals surface area contributed by atoms with Crippen LogP contribution in [0.15, 0.2) is 54.7 Å². The summed E-state index contributed by atoms with van der Waals surface area (Å²) in [6, 6.07) is 15.5. The number of aromatic nitrogens is 1. The first-order chi connectivity index (χ1) is 11.2. The third kappa shape index (κ3) is 3.40. The van der Waals surface area contributed by atoms with E-state index >= 15 is 0 Å². The predicted octanol–water partition coefficient (Wildman–Crippen LogP) is 4.38. The lowest BCUT2D eigenvalue weighted by Gasteiger charge is -2.10. The predicted molar refractivity (Wildman–Crippen MR) is 93.2 cm³/mol. The molecule has 0 atom stereocenters. The van der Waals surface area contributed by atoms with Crippen LogP contribution in [0.2, 0.25) is 0 Å². The fourth-order valence-electron chi connectivity index (χ4n) is 2.20. The third-order valence-electron chi connectivity index (χ3n) is 3.35. The summed E-state index contributed by atoms with van der Waals surface area (Å²) in [7, 11) is 1.58. The summed E-state index contributed by atoms with van der Waals surface area (Å²) in [6.45, 7) is 1.97. The van der Waals surface area contributed by atoms with Crippen LogP contribution in [0.4, 0.5) is 5.69 Å². The molecule has 0 saturated heterocycles. The summed E-state index contributed by atoms with van der Waals surface area (Å²) in [4.78, 5) is 17.3. The van der Waals surface area contributed by atoms with E-state index < -0.39 is 0 Å². The Balaban J connectivity index is 1.82. The Morgan fingerprint density at radius 1 is 1.17 bits per heavy atom. The zero-order chi connectivity index (χ0) is 16.2. The molecular weight excluding hydrogens is 308 g/mol. The first-order valence-corrected chi connectivity index (χ1v) is 7.96. The first kappa shape index (κ1) is 15.2. The van der Waals surface area contributed by atoms with E-state index in [-0.39, 0.29) is 5.91 Å². The van der Waals surface area contributed by atoms with Crippen LogP contribution in [0.3, 0.4) is 0 Å². The molecule has 3 rings (SSSR count). The molecule has 0 fully saturated rings. The lowest BCUT2D eigenvalue weighted by molar-refractivity contribution is 0.103. The van der Waals surface area contributed by atoms with Gasteiger partial charge in [0.25, 0.3) is 5.91 Å². The van der Waals surface area contributed by atoms with E-state index in [1.807, 2.05) is 55.5 Å². The van der Waals surface area contributed by atoms with Gasteiger partial charge in [0.1, 0.15) is 15.6 Å². The topological polar surface area (TPSA) is 51.2 Å². The van der Waals surface area contributed by atoms with Gasteiger partial charge in [-0.3, -0.25) is 4.79 Å². The van der Waals surface area contributed by atoms with E-state index in [2.05, 4.69) is 10.3 Å². The number of anilines is 1. The van der Waals surface area contributed by atoms with Gasteiger partial charge in [-0.2, -0.15) is 0 Å². The number of rotatable bonds is 4. The number of nitrogens with zero attached hydrogens (tertiary/aromatic N) is 1. The molecule has 0 unspecified atom stereocenters. The van der Waals surface area contributed by atoms with E-state index in [1.165, 1.54) is 11.3 Å². The standard InChI is InChI=1S/C18H16N2O2S/c1-12-8-9-15(22-2)14(10-12)20-17(21)16-11-19-18(23-16)13-6-4-3-5-7-13/h3-11H,1-2H3,(H,20,21). The summed E-state index contributed by atoms with van der Waals surface area (Å²) in [5.74, 6) is 0.449. The van der Waals surface area contributed by atoms with Crippen molar-refractivity contribution in [3.63, 3.8) is 0 Å². The van der Waals surface area contributed by atoms with Crippen molar-refractivity contribution in [3.05, 3.63) is 65.2 Å². The van der Waals surface area contributed by atoms with Crippen molar-refractivity contribution in [1.29, 1.82) is 0 Å². The molecule has 0 aliphatic rings. The van der Waals surface area contributed by atoms with Gasteiger partial charge in [-0.05, 0) is 24.6 Å². The van der Waals surface area contributed by atoms with Gasteiger partial charge in [0.2, 0.25) is 0 Å².